The molecule has 3 nitrogen and oxygen atoms in total. The second-order valence-electron chi connectivity index (χ2n) is 4.35. The van der Waals surface area contributed by atoms with Crippen molar-refractivity contribution in [2.45, 2.75) is 12.5 Å². The molecule has 0 spiro atoms. The largest absolute Gasteiger partial charge is 0.441 e. The Labute approximate surface area is 124 Å². The highest BCUT2D eigenvalue weighted by Crippen LogP contribution is 2.22. The molecule has 0 saturated carbocycles. The van der Waals surface area contributed by atoms with Gasteiger partial charge in [0.15, 0.2) is 11.5 Å². The third-order valence-corrected chi connectivity index (χ3v) is 3.61. The highest BCUT2D eigenvalue weighted by molar-refractivity contribution is 14.1. The number of hydrogen-bond donors (Lipinski definition) is 1. The maximum Gasteiger partial charge on any atom is 0.198 e. The van der Waals surface area contributed by atoms with Crippen molar-refractivity contribution in [2.24, 2.45) is 0 Å². The van der Waals surface area contributed by atoms with Gasteiger partial charge in [-0.15, -0.1) is 0 Å². The standard InChI is InChI=1S/C15H12INO2/c16-11-5-3-4-10(8-11)13(18)9-15-17-12-6-1-2-7-14(12)19-15/h1-8,13,18H,9H2. The molecule has 1 unspecified atom stereocenters. The van der Waals surface area contributed by atoms with Gasteiger partial charge in [0.25, 0.3) is 0 Å². The Morgan fingerprint density at radius 3 is 2.79 bits per heavy atom. The number of halogens is 1. The first-order chi connectivity index (χ1) is 9.22. The molecule has 1 heterocycles. The van der Waals surface area contributed by atoms with Crippen molar-refractivity contribution in [2.75, 3.05) is 0 Å². The molecule has 0 saturated heterocycles. The van der Waals surface area contributed by atoms with Crippen LogP contribution in [0.5, 0.6) is 0 Å². The number of rotatable bonds is 3. The summed E-state index contributed by atoms with van der Waals surface area (Å²) in [6, 6.07) is 15.4. The zero-order valence-corrected chi connectivity index (χ0v) is 12.2. The van der Waals surface area contributed by atoms with E-state index in [0.29, 0.717) is 12.3 Å². The van der Waals surface area contributed by atoms with Gasteiger partial charge >= 0.3 is 0 Å². The molecule has 19 heavy (non-hydrogen) atoms. The molecular weight excluding hydrogens is 353 g/mol. The van der Waals surface area contributed by atoms with Crippen molar-refractivity contribution in [3.8, 4) is 0 Å². The fraction of sp³-hybridized carbons (Fsp3) is 0.133. The van der Waals surface area contributed by atoms with Gasteiger partial charge < -0.3 is 9.52 Å². The van der Waals surface area contributed by atoms with E-state index in [1.807, 2.05) is 48.5 Å². The van der Waals surface area contributed by atoms with Gasteiger partial charge in [-0.1, -0.05) is 24.3 Å². The van der Waals surface area contributed by atoms with Crippen molar-refractivity contribution in [3.63, 3.8) is 0 Å². The number of hydrogen-bond acceptors (Lipinski definition) is 3. The molecule has 3 aromatic rings. The quantitative estimate of drug-likeness (QED) is 0.720. The third kappa shape index (κ3) is 2.79. The Bertz CT molecular complexity index is 675. The van der Waals surface area contributed by atoms with Crippen LogP contribution in [0, 0.1) is 3.57 Å². The lowest BCUT2D eigenvalue weighted by Gasteiger charge is -2.08. The highest BCUT2D eigenvalue weighted by atomic mass is 127. The number of fused-ring (bicyclic) bond motifs is 1. The molecular formula is C15H12INO2. The normalized spacial score (nSPS) is 12.7. The molecule has 1 aromatic heterocycles. The van der Waals surface area contributed by atoms with Crippen molar-refractivity contribution < 1.29 is 9.52 Å². The van der Waals surface area contributed by atoms with Gasteiger partial charge in [0.2, 0.25) is 0 Å². The summed E-state index contributed by atoms with van der Waals surface area (Å²) < 4.78 is 6.72. The van der Waals surface area contributed by atoms with Gasteiger partial charge in [0, 0.05) is 3.57 Å². The smallest absolute Gasteiger partial charge is 0.198 e. The second-order valence-corrected chi connectivity index (χ2v) is 5.60. The second kappa shape index (κ2) is 5.30. The summed E-state index contributed by atoms with van der Waals surface area (Å²) in [5.74, 6) is 0.563. The summed E-state index contributed by atoms with van der Waals surface area (Å²) in [4.78, 5) is 4.37. The van der Waals surface area contributed by atoms with Crippen molar-refractivity contribution in [1.82, 2.24) is 4.98 Å². The van der Waals surface area contributed by atoms with Gasteiger partial charge in [-0.05, 0) is 52.4 Å². The Hall–Kier alpha value is -1.40. The molecule has 0 aliphatic carbocycles. The number of aromatic nitrogens is 1. The van der Waals surface area contributed by atoms with Gasteiger partial charge in [-0.25, -0.2) is 4.98 Å². The lowest BCUT2D eigenvalue weighted by molar-refractivity contribution is 0.169. The van der Waals surface area contributed by atoms with E-state index in [4.69, 9.17) is 4.42 Å². The van der Waals surface area contributed by atoms with E-state index in [1.54, 1.807) is 0 Å². The SMILES string of the molecule is OC(Cc1nc2ccccc2o1)c1cccc(I)c1. The van der Waals surface area contributed by atoms with Crippen LogP contribution in [0.1, 0.15) is 17.6 Å². The summed E-state index contributed by atoms with van der Waals surface area (Å²) in [6.45, 7) is 0. The third-order valence-electron chi connectivity index (χ3n) is 2.94. The molecule has 0 fully saturated rings. The number of aliphatic hydroxyl groups is 1. The fourth-order valence-electron chi connectivity index (χ4n) is 2.00. The van der Waals surface area contributed by atoms with Crippen molar-refractivity contribution in [1.29, 1.82) is 0 Å². The Kier molecular flexibility index (Phi) is 3.52. The van der Waals surface area contributed by atoms with E-state index in [1.165, 1.54) is 0 Å². The average Bonchev–Trinajstić information content (AvgIpc) is 2.80. The van der Waals surface area contributed by atoms with Crippen LogP contribution in [0.3, 0.4) is 0 Å². The van der Waals surface area contributed by atoms with E-state index in [-0.39, 0.29) is 0 Å². The van der Waals surface area contributed by atoms with Crippen LogP contribution in [0.2, 0.25) is 0 Å². The molecule has 0 radical (unpaired) electrons. The topological polar surface area (TPSA) is 46.3 Å². The first kappa shape index (κ1) is 12.6. The lowest BCUT2D eigenvalue weighted by atomic mass is 10.1. The molecule has 3 rings (SSSR count). The summed E-state index contributed by atoms with van der Waals surface area (Å²) in [5, 5.41) is 10.2. The van der Waals surface area contributed by atoms with Gasteiger partial charge in [-0.2, -0.15) is 0 Å². The first-order valence-electron chi connectivity index (χ1n) is 6.00. The van der Waals surface area contributed by atoms with Crippen molar-refractivity contribution in [3.05, 3.63) is 63.6 Å². The van der Waals surface area contributed by atoms with Gasteiger partial charge in [-0.3, -0.25) is 0 Å². The summed E-state index contributed by atoms with van der Waals surface area (Å²) >= 11 is 2.23. The monoisotopic (exact) mass is 365 g/mol. The number of nitrogens with zero attached hydrogens (tertiary/aromatic N) is 1. The van der Waals surface area contributed by atoms with Gasteiger partial charge in [0.1, 0.15) is 5.52 Å². The molecule has 2 aromatic carbocycles. The number of aliphatic hydroxyl groups excluding tert-OH is 1. The zero-order chi connectivity index (χ0) is 13.2. The number of benzene rings is 2. The van der Waals surface area contributed by atoms with Gasteiger partial charge in [0.05, 0.1) is 12.5 Å². The molecule has 0 bridgehead atoms. The van der Waals surface area contributed by atoms with Crippen LogP contribution in [0.25, 0.3) is 11.1 Å². The molecule has 96 valence electrons. The predicted molar refractivity (Wildman–Crippen MR) is 81.8 cm³/mol. The average molecular weight is 365 g/mol. The molecule has 1 atom stereocenters. The van der Waals surface area contributed by atoms with Crippen LogP contribution >= 0.6 is 22.6 Å². The minimum atomic E-state index is -0.595. The molecule has 0 amide bonds. The molecule has 1 N–H and O–H groups in total. The van der Waals surface area contributed by atoms with E-state index in [0.717, 1.165) is 20.2 Å². The number of oxazole rings is 1. The van der Waals surface area contributed by atoms with Crippen LogP contribution in [0.4, 0.5) is 0 Å². The summed E-state index contributed by atoms with van der Waals surface area (Å²) in [7, 11) is 0. The highest BCUT2D eigenvalue weighted by Gasteiger charge is 2.13. The minimum Gasteiger partial charge on any atom is -0.441 e. The summed E-state index contributed by atoms with van der Waals surface area (Å²) in [6.07, 6.45) is -0.211. The summed E-state index contributed by atoms with van der Waals surface area (Å²) in [5.41, 5.74) is 2.47. The van der Waals surface area contributed by atoms with E-state index in [9.17, 15) is 5.11 Å². The van der Waals surface area contributed by atoms with Crippen LogP contribution in [0.15, 0.2) is 52.9 Å². The zero-order valence-electron chi connectivity index (χ0n) is 10.1. The Balaban J connectivity index is 1.84. The van der Waals surface area contributed by atoms with Crippen LogP contribution in [-0.2, 0) is 6.42 Å². The Morgan fingerprint density at radius 2 is 2.00 bits per heavy atom. The number of para-hydroxylation sites is 2. The molecule has 4 heteroatoms. The van der Waals surface area contributed by atoms with E-state index in [2.05, 4.69) is 27.6 Å². The lowest BCUT2D eigenvalue weighted by Crippen LogP contribution is -2.02. The van der Waals surface area contributed by atoms with Crippen molar-refractivity contribution >= 4 is 33.7 Å². The maximum absolute atomic E-state index is 10.2. The first-order valence-corrected chi connectivity index (χ1v) is 7.08. The minimum absolute atomic E-state index is 0.384. The molecule has 0 aliphatic rings. The maximum atomic E-state index is 10.2. The fourth-order valence-corrected chi connectivity index (χ4v) is 2.57. The Morgan fingerprint density at radius 1 is 1.16 bits per heavy atom. The molecule has 0 aliphatic heterocycles. The van der Waals surface area contributed by atoms with Crippen LogP contribution in [-0.4, -0.2) is 10.1 Å². The van der Waals surface area contributed by atoms with E-state index >= 15 is 0 Å². The van der Waals surface area contributed by atoms with E-state index < -0.39 is 6.10 Å². The predicted octanol–water partition coefficient (Wildman–Crippen LogP) is 3.71. The van der Waals surface area contributed by atoms with Crippen LogP contribution < -0.4 is 0 Å².